The molecule has 3 aromatic carbocycles. The maximum atomic E-state index is 13.1. The zero-order valence-corrected chi connectivity index (χ0v) is 28.2. The minimum atomic E-state index is -0.434. The van der Waals surface area contributed by atoms with E-state index in [1.807, 2.05) is 59.9 Å². The van der Waals surface area contributed by atoms with Gasteiger partial charge in [0.05, 0.1) is 25.6 Å². The number of nitrogens with one attached hydrogen (secondary N) is 4. The Morgan fingerprint density at radius 2 is 0.880 bits per heavy atom. The lowest BCUT2D eigenvalue weighted by Crippen LogP contribution is -2.31. The van der Waals surface area contributed by atoms with Crippen LogP contribution in [0.25, 0.3) is 0 Å². The summed E-state index contributed by atoms with van der Waals surface area (Å²) < 4.78 is 14.8. The maximum absolute atomic E-state index is 13.1. The first-order chi connectivity index (χ1) is 24.2. The summed E-state index contributed by atoms with van der Waals surface area (Å²) in [5.74, 6) is -0.902. The average molecular weight is 675 g/mol. The lowest BCUT2D eigenvalue weighted by atomic mass is 10.1. The van der Waals surface area contributed by atoms with Crippen molar-refractivity contribution in [2.45, 2.75) is 26.9 Å². The Bertz CT molecular complexity index is 1900. The highest BCUT2D eigenvalue weighted by atomic mass is 16.5. The summed E-state index contributed by atoms with van der Waals surface area (Å²) >= 11 is 0. The molecule has 5 rings (SSSR count). The predicted molar refractivity (Wildman–Crippen MR) is 189 cm³/mol. The summed E-state index contributed by atoms with van der Waals surface area (Å²) in [4.78, 5) is 51.9. The number of rotatable bonds is 12. The summed E-state index contributed by atoms with van der Waals surface area (Å²) in [5.41, 5.74) is 3.36. The number of ether oxygens (including phenoxy) is 2. The van der Waals surface area contributed by atoms with Gasteiger partial charge in [0.1, 0.15) is 36.0 Å². The Balaban J connectivity index is 1.21. The molecule has 0 bridgehead atoms. The minimum absolute atomic E-state index is 0.301. The summed E-state index contributed by atoms with van der Waals surface area (Å²) in [5, 5.41) is 11.3. The van der Waals surface area contributed by atoms with Crippen LogP contribution in [0.15, 0.2) is 110 Å². The van der Waals surface area contributed by atoms with E-state index < -0.39 is 11.8 Å². The number of hydrogen-bond acceptors (Lipinski definition) is 6. The minimum Gasteiger partial charge on any atom is -0.495 e. The van der Waals surface area contributed by atoms with Crippen LogP contribution in [0.4, 0.5) is 22.7 Å². The van der Waals surface area contributed by atoms with Crippen molar-refractivity contribution in [1.29, 1.82) is 0 Å². The van der Waals surface area contributed by atoms with Crippen molar-refractivity contribution in [2.75, 3.05) is 35.5 Å². The average Bonchev–Trinajstić information content (AvgIpc) is 3.15. The summed E-state index contributed by atoms with van der Waals surface area (Å²) in [6.45, 7) is 5.55. The fourth-order valence-electron chi connectivity index (χ4n) is 5.03. The first kappa shape index (κ1) is 34.8. The van der Waals surface area contributed by atoms with Gasteiger partial charge in [-0.1, -0.05) is 0 Å². The van der Waals surface area contributed by atoms with Gasteiger partial charge in [0.15, 0.2) is 24.8 Å². The second kappa shape index (κ2) is 16.0. The van der Waals surface area contributed by atoms with E-state index in [-0.39, 0.29) is 11.8 Å². The van der Waals surface area contributed by atoms with Crippen molar-refractivity contribution in [3.05, 3.63) is 132 Å². The number of amides is 4. The van der Waals surface area contributed by atoms with Crippen molar-refractivity contribution in [2.24, 2.45) is 0 Å². The molecular weight excluding hydrogens is 636 g/mol. The number of anilines is 4. The van der Waals surface area contributed by atoms with E-state index in [1.165, 1.54) is 38.5 Å². The molecule has 0 saturated carbocycles. The number of aromatic nitrogens is 2. The molecule has 2 aromatic heterocycles. The van der Waals surface area contributed by atoms with Crippen LogP contribution in [0, 0.1) is 0 Å². The first-order valence-electron chi connectivity index (χ1n) is 15.9. The van der Waals surface area contributed by atoms with Gasteiger partial charge in [-0.25, -0.2) is 9.13 Å². The number of benzene rings is 3. The number of hydrogen-bond donors (Lipinski definition) is 4. The van der Waals surface area contributed by atoms with Crippen molar-refractivity contribution in [1.82, 2.24) is 0 Å². The van der Waals surface area contributed by atoms with Crippen LogP contribution in [0.1, 0.15) is 55.3 Å². The zero-order chi connectivity index (χ0) is 35.6. The van der Waals surface area contributed by atoms with Gasteiger partial charge in [0.25, 0.3) is 23.6 Å². The third-order valence-electron chi connectivity index (χ3n) is 7.80. The topological polar surface area (TPSA) is 143 Å². The molecule has 0 aliphatic rings. The molecule has 0 saturated heterocycles. The van der Waals surface area contributed by atoms with Crippen LogP contribution < -0.4 is 39.9 Å². The van der Waals surface area contributed by atoms with Crippen molar-refractivity contribution in [3.63, 3.8) is 0 Å². The molecule has 0 aliphatic carbocycles. The Labute approximate surface area is 289 Å². The highest BCUT2D eigenvalue weighted by Gasteiger charge is 2.17. The molecule has 12 nitrogen and oxygen atoms in total. The van der Waals surface area contributed by atoms with Gasteiger partial charge in [-0.3, -0.25) is 19.2 Å². The molecule has 0 radical (unpaired) electrons. The summed E-state index contributed by atoms with van der Waals surface area (Å²) in [6.07, 6.45) is 7.49. The third kappa shape index (κ3) is 8.47. The molecule has 0 aliphatic heterocycles. The number of methoxy groups -OCH3 is 2. The first-order valence-corrected chi connectivity index (χ1v) is 15.9. The number of nitrogens with zero attached hydrogens (tertiary/aromatic N) is 2. The molecule has 254 valence electrons. The zero-order valence-electron chi connectivity index (χ0n) is 28.2. The van der Waals surface area contributed by atoms with E-state index in [9.17, 15) is 19.2 Å². The molecule has 5 aromatic rings. The smallest absolute Gasteiger partial charge is 0.255 e. The lowest BCUT2D eigenvalue weighted by Gasteiger charge is -2.13. The van der Waals surface area contributed by atoms with E-state index >= 15 is 0 Å². The Kier molecular flexibility index (Phi) is 11.1. The molecule has 4 N–H and O–H groups in total. The number of carbonyl (C=O) groups is 4. The quantitative estimate of drug-likeness (QED) is 0.132. The van der Waals surface area contributed by atoms with Gasteiger partial charge in [-0.2, -0.15) is 0 Å². The fourth-order valence-corrected chi connectivity index (χ4v) is 5.03. The lowest BCUT2D eigenvalue weighted by molar-refractivity contribution is -0.693. The molecule has 0 fully saturated rings. The number of carbonyl (C=O) groups excluding carboxylic acids is 4. The van der Waals surface area contributed by atoms with Crippen LogP contribution in [-0.4, -0.2) is 37.8 Å². The van der Waals surface area contributed by atoms with Crippen molar-refractivity contribution in [3.8, 4) is 11.5 Å². The van der Waals surface area contributed by atoms with Crippen LogP contribution in [-0.2, 0) is 13.1 Å². The van der Waals surface area contributed by atoms with Crippen LogP contribution >= 0.6 is 0 Å². The Morgan fingerprint density at radius 3 is 1.24 bits per heavy atom. The standard InChI is InChI=1S/C38H36N6O6/c1-5-43-19-7-9-29(23-43)39-37(47)27-15-17-31(33(21-27)49-3)41-35(45)25-11-13-26(14-12-25)36(46)42-32-18-16-28(22-34(32)50-4)38(48)40-30-10-8-20-44(6-2)24-30/h7-24H,5-6H2,1-4H3,(H2-2,39,40,41,42,45,46,47,48)/p+2. The van der Waals surface area contributed by atoms with Crippen LogP contribution in [0.2, 0.25) is 0 Å². The maximum Gasteiger partial charge on any atom is 0.255 e. The molecule has 0 spiro atoms. The number of pyridine rings is 2. The van der Waals surface area contributed by atoms with E-state index in [4.69, 9.17) is 9.47 Å². The van der Waals surface area contributed by atoms with E-state index in [2.05, 4.69) is 21.3 Å². The van der Waals surface area contributed by atoms with Gasteiger partial charge >= 0.3 is 0 Å². The van der Waals surface area contributed by atoms with Gasteiger partial charge in [0, 0.05) is 34.4 Å². The normalized spacial score (nSPS) is 10.5. The molecule has 50 heavy (non-hydrogen) atoms. The summed E-state index contributed by atoms with van der Waals surface area (Å²) in [7, 11) is 2.90. The highest BCUT2D eigenvalue weighted by Crippen LogP contribution is 2.28. The van der Waals surface area contributed by atoms with Gasteiger partial charge in [-0.15, -0.1) is 0 Å². The van der Waals surface area contributed by atoms with E-state index in [0.717, 1.165) is 13.1 Å². The van der Waals surface area contributed by atoms with E-state index in [1.54, 1.807) is 48.5 Å². The molecule has 0 unspecified atom stereocenters. The molecule has 2 heterocycles. The number of aryl methyl sites for hydroxylation is 2. The monoisotopic (exact) mass is 674 g/mol. The van der Waals surface area contributed by atoms with Crippen molar-refractivity contribution >= 4 is 46.4 Å². The second-order valence-corrected chi connectivity index (χ2v) is 11.1. The molecule has 0 atom stereocenters. The SMILES string of the molecule is CC[n+]1cccc(NC(=O)c2ccc(NC(=O)c3ccc(C(=O)Nc4ccc(C(=O)Nc5ccc[n+](CC)c5)cc4OC)cc3)c(OC)c2)c1. The van der Waals surface area contributed by atoms with Crippen molar-refractivity contribution < 1.29 is 37.8 Å². The van der Waals surface area contributed by atoms with Crippen LogP contribution in [0.5, 0.6) is 11.5 Å². The molecular formula is C38H38N6O6+2. The fraction of sp³-hybridized carbons (Fsp3) is 0.158. The Morgan fingerprint density at radius 1 is 0.520 bits per heavy atom. The largest absolute Gasteiger partial charge is 0.495 e. The van der Waals surface area contributed by atoms with Gasteiger partial charge in [-0.05, 0) is 86.6 Å². The molecule has 4 amide bonds. The predicted octanol–water partition coefficient (Wildman–Crippen LogP) is 5.33. The third-order valence-corrected chi connectivity index (χ3v) is 7.80. The molecule has 12 heteroatoms. The summed E-state index contributed by atoms with van der Waals surface area (Å²) in [6, 6.07) is 22.9. The van der Waals surface area contributed by atoms with Gasteiger partial charge in [0.2, 0.25) is 0 Å². The van der Waals surface area contributed by atoms with Gasteiger partial charge < -0.3 is 30.7 Å². The van der Waals surface area contributed by atoms with Crippen LogP contribution in [0.3, 0.4) is 0 Å². The Hall–Kier alpha value is -6.56. The highest BCUT2D eigenvalue weighted by molar-refractivity contribution is 6.09. The second-order valence-electron chi connectivity index (χ2n) is 11.1. The van der Waals surface area contributed by atoms with E-state index in [0.29, 0.717) is 56.5 Å².